The minimum atomic E-state index is -3.52. The number of hydrogen-bond acceptors (Lipinski definition) is 5. The van der Waals surface area contributed by atoms with Gasteiger partial charge in [-0.1, -0.05) is 0 Å². The number of amides is 1. The molecule has 2 N–H and O–H groups in total. The van der Waals surface area contributed by atoms with E-state index >= 15 is 0 Å². The molecule has 10 heteroatoms. The molecule has 0 radical (unpaired) electrons. The summed E-state index contributed by atoms with van der Waals surface area (Å²) in [6, 6.07) is 4.87. The number of rotatable bonds is 6. The Balaban J connectivity index is 1.78. The fourth-order valence-corrected chi connectivity index (χ4v) is 3.91. The van der Waals surface area contributed by atoms with E-state index in [1.165, 1.54) is 18.4 Å². The first-order valence-corrected chi connectivity index (χ1v) is 10.2. The molecule has 0 bridgehead atoms. The number of carbonyl (C=O) groups excluding carboxylic acids is 1. The van der Waals surface area contributed by atoms with Crippen LogP contribution >= 0.6 is 0 Å². The van der Waals surface area contributed by atoms with Crippen molar-refractivity contribution in [2.24, 2.45) is 7.05 Å². The Morgan fingerprint density at radius 1 is 1.29 bits per heavy atom. The highest BCUT2D eigenvalue weighted by molar-refractivity contribution is 7.89. The summed E-state index contributed by atoms with van der Waals surface area (Å²) in [6.45, 7) is 3.67. The number of aromatic nitrogens is 4. The van der Waals surface area contributed by atoms with Gasteiger partial charge in [0.25, 0.3) is 0 Å². The molecule has 0 atom stereocenters. The van der Waals surface area contributed by atoms with Crippen LogP contribution < -0.4 is 5.32 Å². The predicted molar refractivity (Wildman–Crippen MR) is 107 cm³/mol. The minimum absolute atomic E-state index is 0.129. The van der Waals surface area contributed by atoms with E-state index in [0.717, 1.165) is 16.9 Å². The van der Waals surface area contributed by atoms with Crippen molar-refractivity contribution in [3.63, 3.8) is 0 Å². The van der Waals surface area contributed by atoms with Gasteiger partial charge >= 0.3 is 0 Å². The molecule has 2 aromatic heterocycles. The molecule has 0 spiro atoms. The van der Waals surface area contributed by atoms with Gasteiger partial charge in [-0.3, -0.25) is 9.89 Å². The Kier molecular flexibility index (Phi) is 5.26. The summed E-state index contributed by atoms with van der Waals surface area (Å²) in [5.41, 5.74) is 3.65. The zero-order valence-electron chi connectivity index (χ0n) is 16.6. The number of nitrogens with one attached hydrogen (secondary N) is 2. The first kappa shape index (κ1) is 20.0. The van der Waals surface area contributed by atoms with Crippen molar-refractivity contribution in [3.8, 4) is 0 Å². The third-order valence-corrected chi connectivity index (χ3v) is 6.50. The van der Waals surface area contributed by atoms with Crippen LogP contribution in [0.2, 0.25) is 0 Å². The van der Waals surface area contributed by atoms with Gasteiger partial charge < -0.3 is 9.88 Å². The Morgan fingerprint density at radius 2 is 2.00 bits per heavy atom. The smallest absolute Gasteiger partial charge is 0.242 e. The van der Waals surface area contributed by atoms with E-state index in [2.05, 4.69) is 20.5 Å². The molecule has 1 amide bonds. The van der Waals surface area contributed by atoms with Crippen LogP contribution in [0.5, 0.6) is 0 Å². The molecule has 9 nitrogen and oxygen atoms in total. The number of fused-ring (bicyclic) bond motifs is 1. The van der Waals surface area contributed by atoms with Gasteiger partial charge in [0, 0.05) is 34.0 Å². The first-order valence-electron chi connectivity index (χ1n) is 8.80. The fraction of sp³-hybridized carbons (Fsp3) is 0.389. The monoisotopic (exact) mass is 404 g/mol. The van der Waals surface area contributed by atoms with Crippen LogP contribution in [0.1, 0.15) is 23.6 Å². The standard InChI is InChI=1S/C18H24N6O3S/c1-11-18(12(2)22-21-11)20-17(25)9-8-16-19-14-10-13(28(26,27)23(3)4)6-7-15(14)24(16)5/h6-7,10H,8-9H2,1-5H3,(H,20,25)(H,21,22). The van der Waals surface area contributed by atoms with E-state index in [0.29, 0.717) is 23.4 Å². The number of hydrogen-bond donors (Lipinski definition) is 2. The summed E-state index contributed by atoms with van der Waals surface area (Å²) in [4.78, 5) is 17.0. The van der Waals surface area contributed by atoms with Crippen molar-refractivity contribution in [3.05, 3.63) is 35.4 Å². The lowest BCUT2D eigenvalue weighted by Gasteiger charge is -2.10. The van der Waals surface area contributed by atoms with Crippen LogP contribution in [0.25, 0.3) is 11.0 Å². The molecule has 0 aliphatic carbocycles. The third-order valence-electron chi connectivity index (χ3n) is 4.69. The molecule has 150 valence electrons. The van der Waals surface area contributed by atoms with Crippen LogP contribution in [0.15, 0.2) is 23.1 Å². The van der Waals surface area contributed by atoms with E-state index in [1.807, 2.05) is 25.5 Å². The van der Waals surface area contributed by atoms with E-state index in [4.69, 9.17) is 0 Å². The lowest BCUT2D eigenvalue weighted by atomic mass is 10.2. The Hall–Kier alpha value is -2.72. The number of benzene rings is 1. The zero-order valence-corrected chi connectivity index (χ0v) is 17.4. The number of sulfonamides is 1. The van der Waals surface area contributed by atoms with Crippen LogP contribution in [-0.2, 0) is 28.3 Å². The van der Waals surface area contributed by atoms with Gasteiger partial charge in [-0.05, 0) is 32.0 Å². The lowest BCUT2D eigenvalue weighted by molar-refractivity contribution is -0.116. The predicted octanol–water partition coefficient (Wildman–Crippen LogP) is 1.73. The molecule has 0 unspecified atom stereocenters. The molecule has 0 saturated carbocycles. The Bertz CT molecular complexity index is 1120. The van der Waals surface area contributed by atoms with Crippen LogP contribution in [0.4, 0.5) is 5.69 Å². The molecule has 0 saturated heterocycles. The van der Waals surface area contributed by atoms with Crippen molar-refractivity contribution in [1.82, 2.24) is 24.1 Å². The van der Waals surface area contributed by atoms with Crippen molar-refractivity contribution < 1.29 is 13.2 Å². The van der Waals surface area contributed by atoms with Crippen molar-refractivity contribution in [2.45, 2.75) is 31.6 Å². The Morgan fingerprint density at radius 3 is 2.61 bits per heavy atom. The van der Waals surface area contributed by atoms with E-state index in [9.17, 15) is 13.2 Å². The van der Waals surface area contributed by atoms with Crippen molar-refractivity contribution in [2.75, 3.05) is 19.4 Å². The second-order valence-electron chi connectivity index (χ2n) is 6.88. The highest BCUT2D eigenvalue weighted by atomic mass is 32.2. The summed E-state index contributed by atoms with van der Waals surface area (Å²) in [5, 5.41) is 9.77. The zero-order chi connectivity index (χ0) is 20.6. The van der Waals surface area contributed by atoms with Crippen LogP contribution in [0.3, 0.4) is 0 Å². The lowest BCUT2D eigenvalue weighted by Crippen LogP contribution is -2.22. The van der Waals surface area contributed by atoms with Gasteiger partial charge in [-0.15, -0.1) is 0 Å². The van der Waals surface area contributed by atoms with E-state index in [1.54, 1.807) is 18.2 Å². The average molecular weight is 404 g/mol. The SMILES string of the molecule is Cc1n[nH]c(C)c1NC(=O)CCc1nc2cc(S(=O)(=O)N(C)C)ccc2n1C. The molecule has 0 aliphatic heterocycles. The molecule has 1 aromatic carbocycles. The molecule has 0 fully saturated rings. The number of carbonyl (C=O) groups is 1. The van der Waals surface area contributed by atoms with Gasteiger partial charge in [-0.2, -0.15) is 5.10 Å². The van der Waals surface area contributed by atoms with Gasteiger partial charge in [0.05, 0.1) is 33.0 Å². The number of H-pyrrole nitrogens is 1. The third kappa shape index (κ3) is 3.65. The van der Waals surface area contributed by atoms with Gasteiger partial charge in [0.1, 0.15) is 5.82 Å². The topological polar surface area (TPSA) is 113 Å². The second-order valence-corrected chi connectivity index (χ2v) is 9.03. The van der Waals surface area contributed by atoms with Crippen molar-refractivity contribution in [1.29, 1.82) is 0 Å². The highest BCUT2D eigenvalue weighted by Gasteiger charge is 2.19. The molecule has 28 heavy (non-hydrogen) atoms. The first-order chi connectivity index (χ1) is 13.1. The summed E-state index contributed by atoms with van der Waals surface area (Å²) < 4.78 is 27.7. The van der Waals surface area contributed by atoms with Gasteiger partial charge in [0.15, 0.2) is 0 Å². The normalized spacial score (nSPS) is 12.1. The quantitative estimate of drug-likeness (QED) is 0.650. The van der Waals surface area contributed by atoms with E-state index < -0.39 is 10.0 Å². The molecular formula is C18H24N6O3S. The summed E-state index contributed by atoms with van der Waals surface area (Å²) in [5.74, 6) is 0.584. The van der Waals surface area contributed by atoms with Gasteiger partial charge in [0.2, 0.25) is 15.9 Å². The Labute approximate surface area is 163 Å². The minimum Gasteiger partial charge on any atom is -0.331 e. The van der Waals surface area contributed by atoms with Crippen LogP contribution in [0, 0.1) is 13.8 Å². The maximum absolute atomic E-state index is 12.3. The molecule has 0 aliphatic rings. The maximum Gasteiger partial charge on any atom is 0.242 e. The van der Waals surface area contributed by atoms with Gasteiger partial charge in [-0.25, -0.2) is 17.7 Å². The number of anilines is 1. The highest BCUT2D eigenvalue weighted by Crippen LogP contribution is 2.22. The molecule has 2 heterocycles. The number of aryl methyl sites for hydroxylation is 4. The fourth-order valence-electron chi connectivity index (χ4n) is 2.99. The summed E-state index contributed by atoms with van der Waals surface area (Å²) in [6.07, 6.45) is 0.687. The number of imidazole rings is 1. The van der Waals surface area contributed by atoms with Crippen LogP contribution in [-0.4, -0.2) is 52.5 Å². The number of aromatic amines is 1. The number of nitrogens with zero attached hydrogens (tertiary/aromatic N) is 4. The maximum atomic E-state index is 12.3. The second kappa shape index (κ2) is 7.36. The molecule has 3 aromatic rings. The average Bonchev–Trinajstić information content (AvgIpc) is 3.13. The van der Waals surface area contributed by atoms with Crippen molar-refractivity contribution >= 4 is 32.7 Å². The molecule has 3 rings (SSSR count). The summed E-state index contributed by atoms with van der Waals surface area (Å²) >= 11 is 0. The summed E-state index contributed by atoms with van der Waals surface area (Å²) in [7, 11) is 1.31. The largest absolute Gasteiger partial charge is 0.331 e. The van der Waals surface area contributed by atoms with E-state index in [-0.39, 0.29) is 17.2 Å². The molecular weight excluding hydrogens is 380 g/mol.